The van der Waals surface area contributed by atoms with Crippen molar-refractivity contribution in [1.82, 2.24) is 20.5 Å². The van der Waals surface area contributed by atoms with Crippen LogP contribution in [0.15, 0.2) is 35.1 Å². The van der Waals surface area contributed by atoms with Crippen LogP contribution in [0, 0.1) is 5.92 Å². The van der Waals surface area contributed by atoms with E-state index in [9.17, 15) is 9.59 Å². The Kier molecular flexibility index (Phi) is 6.15. The number of nitrogens with zero attached hydrogens (tertiary/aromatic N) is 2. The smallest absolute Gasteiger partial charge is 0.275 e. The van der Waals surface area contributed by atoms with Crippen molar-refractivity contribution in [1.29, 1.82) is 0 Å². The highest BCUT2D eigenvalue weighted by molar-refractivity contribution is 5.76. The van der Waals surface area contributed by atoms with Crippen LogP contribution in [-0.4, -0.2) is 21.1 Å². The molecule has 1 aromatic heterocycles. The van der Waals surface area contributed by atoms with Crippen LogP contribution in [-0.2, 0) is 4.79 Å². The van der Waals surface area contributed by atoms with Crippen molar-refractivity contribution >= 4 is 5.91 Å². The molecule has 1 aliphatic carbocycles. The molecule has 1 amide bonds. The minimum atomic E-state index is -0.410. The molecule has 0 aliphatic heterocycles. The van der Waals surface area contributed by atoms with Crippen LogP contribution in [0.5, 0.6) is 0 Å². The van der Waals surface area contributed by atoms with Crippen molar-refractivity contribution in [2.24, 2.45) is 5.92 Å². The largest absolute Gasteiger partial charge is 0.347 e. The number of H-pyrrole nitrogens is 1. The summed E-state index contributed by atoms with van der Waals surface area (Å²) in [5.41, 5.74) is 0.769. The minimum Gasteiger partial charge on any atom is -0.347 e. The van der Waals surface area contributed by atoms with Gasteiger partial charge in [-0.25, -0.2) is 0 Å². The molecular formula is C20H26N4O2. The number of carbonyl (C=O) groups is 1. The van der Waals surface area contributed by atoms with Gasteiger partial charge in [0.1, 0.15) is 0 Å². The van der Waals surface area contributed by atoms with E-state index in [1.54, 1.807) is 0 Å². The Hall–Kier alpha value is -2.50. The predicted octanol–water partition coefficient (Wildman–Crippen LogP) is 3.37. The minimum absolute atomic E-state index is 0.00270. The maximum Gasteiger partial charge on any atom is 0.275 e. The van der Waals surface area contributed by atoms with Gasteiger partial charge in [-0.3, -0.25) is 9.59 Å². The van der Waals surface area contributed by atoms with E-state index >= 15 is 0 Å². The molecule has 0 saturated heterocycles. The highest BCUT2D eigenvalue weighted by Crippen LogP contribution is 2.26. The lowest BCUT2D eigenvalue weighted by Crippen LogP contribution is -2.34. The molecule has 2 aromatic rings. The number of hydrogen-bond donors (Lipinski definition) is 2. The lowest BCUT2D eigenvalue weighted by molar-refractivity contribution is -0.123. The van der Waals surface area contributed by atoms with Gasteiger partial charge in [-0.1, -0.05) is 56.5 Å². The van der Waals surface area contributed by atoms with Crippen molar-refractivity contribution in [3.63, 3.8) is 0 Å². The van der Waals surface area contributed by atoms with Gasteiger partial charge in [0.15, 0.2) is 11.5 Å². The van der Waals surface area contributed by atoms with E-state index in [1.165, 1.54) is 19.3 Å². The van der Waals surface area contributed by atoms with Crippen molar-refractivity contribution in [2.45, 2.75) is 57.9 Å². The number of hydrogen-bond acceptors (Lipinski definition) is 4. The molecule has 0 bridgehead atoms. The number of nitrogens with one attached hydrogen (secondary N) is 2. The Bertz CT molecular complexity index is 782. The molecule has 1 atom stereocenters. The summed E-state index contributed by atoms with van der Waals surface area (Å²) >= 11 is 0. The normalized spacial score (nSPS) is 16.2. The molecule has 1 fully saturated rings. The quantitative estimate of drug-likeness (QED) is 0.832. The number of carbonyl (C=O) groups excluding carboxylic acids is 1. The van der Waals surface area contributed by atoms with E-state index in [2.05, 4.69) is 20.5 Å². The lowest BCUT2D eigenvalue weighted by Gasteiger charge is -2.22. The molecule has 2 N–H and O–H groups in total. The van der Waals surface area contributed by atoms with Crippen LogP contribution in [0.4, 0.5) is 0 Å². The fourth-order valence-corrected chi connectivity index (χ4v) is 3.57. The maximum absolute atomic E-state index is 12.5. The van der Waals surface area contributed by atoms with Gasteiger partial charge in [-0.15, -0.1) is 10.2 Å². The summed E-state index contributed by atoms with van der Waals surface area (Å²) in [4.78, 5) is 27.6. The first-order valence-corrected chi connectivity index (χ1v) is 9.49. The molecule has 138 valence electrons. The second-order valence-corrected chi connectivity index (χ2v) is 6.99. The Morgan fingerprint density at radius 3 is 2.58 bits per heavy atom. The Morgan fingerprint density at radius 1 is 1.19 bits per heavy atom. The summed E-state index contributed by atoms with van der Waals surface area (Å²) in [5.74, 6) is 0.894. The summed E-state index contributed by atoms with van der Waals surface area (Å²) in [6.07, 6.45) is 7.06. The number of benzene rings is 1. The average Bonchev–Trinajstić information content (AvgIpc) is 2.68. The first-order valence-electron chi connectivity index (χ1n) is 9.49. The third-order valence-electron chi connectivity index (χ3n) is 5.04. The highest BCUT2D eigenvalue weighted by atomic mass is 16.2. The Labute approximate surface area is 153 Å². The molecule has 0 spiro atoms. The highest BCUT2D eigenvalue weighted by Gasteiger charge is 2.22. The number of aromatic amines is 1. The van der Waals surface area contributed by atoms with Gasteiger partial charge in [-0.05, 0) is 25.2 Å². The van der Waals surface area contributed by atoms with Crippen LogP contribution in [0.2, 0.25) is 0 Å². The van der Waals surface area contributed by atoms with E-state index in [-0.39, 0.29) is 17.2 Å². The molecule has 1 heterocycles. The summed E-state index contributed by atoms with van der Waals surface area (Å²) in [6.45, 7) is 1.93. The fraction of sp³-hybridized carbons (Fsp3) is 0.500. The van der Waals surface area contributed by atoms with Gasteiger partial charge in [0.2, 0.25) is 5.91 Å². The second kappa shape index (κ2) is 8.74. The number of aromatic nitrogens is 3. The van der Waals surface area contributed by atoms with Gasteiger partial charge >= 0.3 is 0 Å². The van der Waals surface area contributed by atoms with Gasteiger partial charge in [0, 0.05) is 12.0 Å². The summed E-state index contributed by atoms with van der Waals surface area (Å²) in [6, 6.07) is 8.98. The van der Waals surface area contributed by atoms with Crippen molar-refractivity contribution < 1.29 is 4.79 Å². The zero-order valence-corrected chi connectivity index (χ0v) is 15.2. The zero-order valence-electron chi connectivity index (χ0n) is 15.2. The lowest BCUT2D eigenvalue weighted by atomic mass is 9.87. The first-order chi connectivity index (χ1) is 12.7. The van der Waals surface area contributed by atoms with E-state index in [1.807, 2.05) is 37.3 Å². The van der Waals surface area contributed by atoms with Gasteiger partial charge in [0.05, 0.1) is 6.04 Å². The number of rotatable bonds is 6. The van der Waals surface area contributed by atoms with Gasteiger partial charge < -0.3 is 10.3 Å². The van der Waals surface area contributed by atoms with Crippen LogP contribution in [0.3, 0.4) is 0 Å². The molecule has 1 aromatic carbocycles. The molecule has 1 saturated carbocycles. The third-order valence-corrected chi connectivity index (χ3v) is 5.04. The third kappa shape index (κ3) is 4.56. The monoisotopic (exact) mass is 354 g/mol. The van der Waals surface area contributed by atoms with E-state index in [4.69, 9.17) is 0 Å². The SMILES string of the molecule is CCC(NC(=O)CC1CCCCC1)c1nnc(-c2ccccc2)[nH]c1=O. The Balaban J connectivity index is 1.69. The van der Waals surface area contributed by atoms with Gasteiger partial charge in [0.25, 0.3) is 5.56 Å². The van der Waals surface area contributed by atoms with E-state index < -0.39 is 6.04 Å². The Morgan fingerprint density at radius 2 is 1.92 bits per heavy atom. The van der Waals surface area contributed by atoms with Crippen LogP contribution in [0.25, 0.3) is 11.4 Å². The molecule has 3 rings (SSSR count). The summed E-state index contributed by atoms with van der Waals surface area (Å²) in [7, 11) is 0. The maximum atomic E-state index is 12.5. The molecule has 6 heteroatoms. The summed E-state index contributed by atoms with van der Waals surface area (Å²) in [5, 5.41) is 11.2. The van der Waals surface area contributed by atoms with Gasteiger partial charge in [-0.2, -0.15) is 0 Å². The van der Waals surface area contributed by atoms with E-state index in [0.717, 1.165) is 18.4 Å². The van der Waals surface area contributed by atoms with Crippen molar-refractivity contribution in [2.75, 3.05) is 0 Å². The van der Waals surface area contributed by atoms with E-state index in [0.29, 0.717) is 24.6 Å². The average molecular weight is 354 g/mol. The molecule has 26 heavy (non-hydrogen) atoms. The van der Waals surface area contributed by atoms with Crippen molar-refractivity contribution in [3.8, 4) is 11.4 Å². The van der Waals surface area contributed by atoms with Crippen LogP contribution >= 0.6 is 0 Å². The second-order valence-electron chi connectivity index (χ2n) is 6.99. The summed E-state index contributed by atoms with van der Waals surface area (Å²) < 4.78 is 0. The van der Waals surface area contributed by atoms with Crippen LogP contribution < -0.4 is 10.9 Å². The molecular weight excluding hydrogens is 328 g/mol. The van der Waals surface area contributed by atoms with Crippen molar-refractivity contribution in [3.05, 3.63) is 46.4 Å². The van der Waals surface area contributed by atoms with Crippen LogP contribution in [0.1, 0.15) is 63.6 Å². The molecule has 0 radical (unpaired) electrons. The molecule has 1 unspecified atom stereocenters. The molecule has 1 aliphatic rings. The first kappa shape index (κ1) is 18.3. The standard InChI is InChI=1S/C20H26N4O2/c1-2-16(21-17(25)13-14-9-5-3-6-10-14)18-20(26)22-19(24-23-18)15-11-7-4-8-12-15/h4,7-8,11-12,14,16H,2-3,5-6,9-10,13H2,1H3,(H,21,25)(H,22,24,26). The zero-order chi connectivity index (χ0) is 18.4. The molecule has 6 nitrogen and oxygen atoms in total. The number of amides is 1. The fourth-order valence-electron chi connectivity index (χ4n) is 3.57. The topological polar surface area (TPSA) is 87.7 Å². The predicted molar refractivity (Wildman–Crippen MR) is 100 cm³/mol.